The van der Waals surface area contributed by atoms with Gasteiger partial charge in [0.05, 0.1) is 6.04 Å². The van der Waals surface area contributed by atoms with E-state index in [4.69, 9.17) is 0 Å². The van der Waals surface area contributed by atoms with Crippen LogP contribution < -0.4 is 5.56 Å². The lowest BCUT2D eigenvalue weighted by molar-refractivity contribution is -0.134. The number of hydrogen-bond donors (Lipinski definition) is 0. The Morgan fingerprint density at radius 2 is 1.89 bits per heavy atom. The molecule has 28 heavy (non-hydrogen) atoms. The van der Waals surface area contributed by atoms with Crippen LogP contribution in [0.2, 0.25) is 0 Å². The Morgan fingerprint density at radius 1 is 1.11 bits per heavy atom. The van der Waals surface area contributed by atoms with E-state index in [0.29, 0.717) is 18.3 Å². The Balaban J connectivity index is 1.37. The molecule has 2 aromatic rings. The second-order valence-electron chi connectivity index (χ2n) is 8.07. The van der Waals surface area contributed by atoms with Crippen molar-refractivity contribution >= 4 is 5.91 Å². The third-order valence-corrected chi connectivity index (χ3v) is 5.95. The maximum absolute atomic E-state index is 12.6. The number of carbonyl (C=O) groups is 1. The molecule has 2 aromatic heterocycles. The average molecular weight is 384 g/mol. The molecule has 0 spiro atoms. The van der Waals surface area contributed by atoms with Gasteiger partial charge in [-0.15, -0.1) is 5.10 Å². The van der Waals surface area contributed by atoms with Crippen LogP contribution in [-0.2, 0) is 11.3 Å². The Kier molecular flexibility index (Phi) is 5.30. The van der Waals surface area contributed by atoms with Crippen molar-refractivity contribution in [2.75, 3.05) is 19.6 Å². The first kappa shape index (κ1) is 18.9. The highest BCUT2D eigenvalue weighted by atomic mass is 16.2. The summed E-state index contributed by atoms with van der Waals surface area (Å²) in [7, 11) is 0. The highest BCUT2D eigenvalue weighted by Crippen LogP contribution is 2.25. The first-order chi connectivity index (χ1) is 13.5. The van der Waals surface area contributed by atoms with Gasteiger partial charge in [0.1, 0.15) is 0 Å². The van der Waals surface area contributed by atoms with Crippen molar-refractivity contribution in [3.8, 4) is 5.82 Å². The Bertz CT molecular complexity index is 867. The molecular formula is C20H28N6O2. The maximum atomic E-state index is 12.6. The van der Waals surface area contributed by atoms with Gasteiger partial charge in [-0.05, 0) is 64.3 Å². The van der Waals surface area contributed by atoms with Crippen LogP contribution in [0.4, 0.5) is 0 Å². The quantitative estimate of drug-likeness (QED) is 0.773. The molecule has 0 aromatic carbocycles. The molecule has 0 bridgehead atoms. The molecule has 2 saturated heterocycles. The second-order valence-corrected chi connectivity index (χ2v) is 8.07. The Morgan fingerprint density at radius 3 is 2.54 bits per heavy atom. The fourth-order valence-corrected chi connectivity index (χ4v) is 4.33. The van der Waals surface area contributed by atoms with E-state index in [2.05, 4.69) is 28.9 Å². The highest BCUT2D eigenvalue weighted by Gasteiger charge is 2.38. The van der Waals surface area contributed by atoms with Crippen LogP contribution in [-0.4, -0.2) is 67.0 Å². The van der Waals surface area contributed by atoms with Crippen molar-refractivity contribution in [1.29, 1.82) is 0 Å². The third-order valence-electron chi connectivity index (χ3n) is 5.95. The van der Waals surface area contributed by atoms with Crippen LogP contribution in [0.25, 0.3) is 5.82 Å². The van der Waals surface area contributed by atoms with Crippen LogP contribution in [0.3, 0.4) is 0 Å². The minimum atomic E-state index is -0.0862. The summed E-state index contributed by atoms with van der Waals surface area (Å²) in [4.78, 5) is 29.2. The van der Waals surface area contributed by atoms with Crippen molar-refractivity contribution in [2.24, 2.45) is 5.92 Å². The van der Waals surface area contributed by atoms with Gasteiger partial charge in [-0.1, -0.05) is 0 Å². The molecule has 1 amide bonds. The van der Waals surface area contributed by atoms with Gasteiger partial charge < -0.3 is 4.90 Å². The van der Waals surface area contributed by atoms with Gasteiger partial charge in [-0.3, -0.25) is 14.5 Å². The van der Waals surface area contributed by atoms with Crippen molar-refractivity contribution in [3.05, 3.63) is 40.9 Å². The number of hydrogen-bond acceptors (Lipinski definition) is 5. The maximum Gasteiger partial charge on any atom is 0.266 e. The van der Waals surface area contributed by atoms with Gasteiger partial charge in [0.15, 0.2) is 5.82 Å². The number of likely N-dealkylation sites (tertiary alicyclic amines) is 2. The lowest BCUT2D eigenvalue weighted by atomic mass is 9.95. The van der Waals surface area contributed by atoms with Gasteiger partial charge in [0.2, 0.25) is 5.91 Å². The first-order valence-electron chi connectivity index (χ1n) is 10.2. The zero-order chi connectivity index (χ0) is 19.7. The predicted molar refractivity (Wildman–Crippen MR) is 105 cm³/mol. The van der Waals surface area contributed by atoms with Crippen LogP contribution in [0.1, 0.15) is 33.1 Å². The summed E-state index contributed by atoms with van der Waals surface area (Å²) in [5.74, 6) is 1.32. The molecule has 2 fully saturated rings. The first-order valence-corrected chi connectivity index (χ1v) is 10.2. The van der Waals surface area contributed by atoms with E-state index in [1.165, 1.54) is 0 Å². The van der Waals surface area contributed by atoms with E-state index in [1.807, 2.05) is 17.2 Å². The van der Waals surface area contributed by atoms with Gasteiger partial charge in [-0.2, -0.15) is 5.10 Å². The third kappa shape index (κ3) is 3.73. The van der Waals surface area contributed by atoms with Gasteiger partial charge in [-0.25, -0.2) is 9.36 Å². The Labute approximate surface area is 164 Å². The van der Waals surface area contributed by atoms with Crippen molar-refractivity contribution in [1.82, 2.24) is 29.4 Å². The minimum Gasteiger partial charge on any atom is -0.339 e. The average Bonchev–Trinajstić information content (AvgIpc) is 3.34. The topological polar surface area (TPSA) is 76.3 Å². The summed E-state index contributed by atoms with van der Waals surface area (Å²) in [6.45, 7) is 7.43. The summed E-state index contributed by atoms with van der Waals surface area (Å²) in [6, 6.07) is 5.39. The molecule has 1 atom stereocenters. The van der Waals surface area contributed by atoms with Crippen molar-refractivity contribution in [2.45, 2.75) is 51.7 Å². The molecule has 4 rings (SSSR count). The zero-order valence-corrected chi connectivity index (χ0v) is 16.6. The molecule has 0 saturated carbocycles. The standard InChI is InChI=1S/C20H28N6O2/c1-15(2)24-13-8-17(20(24)28)23-11-6-16(7-12-23)14-26-19(27)5-4-18(22-26)25-10-3-9-21-25/h3-5,9-10,15-17H,6-8,11-14H2,1-2H3. The van der Waals surface area contributed by atoms with Crippen molar-refractivity contribution < 1.29 is 4.79 Å². The molecule has 0 aliphatic carbocycles. The molecule has 2 aliphatic heterocycles. The van der Waals surface area contributed by atoms with E-state index in [-0.39, 0.29) is 23.6 Å². The number of aromatic nitrogens is 4. The number of nitrogens with zero attached hydrogens (tertiary/aromatic N) is 6. The molecular weight excluding hydrogens is 356 g/mol. The normalized spacial score (nSPS) is 21.8. The SMILES string of the molecule is CC(C)N1CCC(N2CCC(Cn3nc(-n4cccn4)ccc3=O)CC2)C1=O. The molecule has 4 heterocycles. The second kappa shape index (κ2) is 7.87. The van der Waals surface area contributed by atoms with Crippen LogP contribution in [0.5, 0.6) is 0 Å². The van der Waals surface area contributed by atoms with Gasteiger partial charge in [0.25, 0.3) is 5.56 Å². The lowest BCUT2D eigenvalue weighted by Crippen LogP contribution is -2.47. The van der Waals surface area contributed by atoms with Crippen LogP contribution in [0.15, 0.2) is 35.4 Å². The summed E-state index contributed by atoms with van der Waals surface area (Å²) in [5, 5.41) is 8.66. The molecule has 8 heteroatoms. The Hall–Kier alpha value is -2.48. The largest absolute Gasteiger partial charge is 0.339 e. The van der Waals surface area contributed by atoms with E-state index in [0.717, 1.165) is 38.9 Å². The molecule has 0 N–H and O–H groups in total. The summed E-state index contributed by atoms with van der Waals surface area (Å²) in [6.07, 6.45) is 6.39. The zero-order valence-electron chi connectivity index (χ0n) is 16.6. The van der Waals surface area contributed by atoms with Gasteiger partial charge in [0, 0.05) is 37.6 Å². The van der Waals surface area contributed by atoms with Crippen LogP contribution in [0, 0.1) is 5.92 Å². The smallest absolute Gasteiger partial charge is 0.266 e. The summed E-state index contributed by atoms with van der Waals surface area (Å²) >= 11 is 0. The molecule has 1 unspecified atom stereocenters. The number of rotatable bonds is 5. The monoisotopic (exact) mass is 384 g/mol. The summed E-state index contributed by atoms with van der Waals surface area (Å²) < 4.78 is 3.21. The number of carbonyl (C=O) groups excluding carboxylic acids is 1. The minimum absolute atomic E-state index is 0.0346. The number of piperidine rings is 1. The molecule has 8 nitrogen and oxygen atoms in total. The molecule has 150 valence electrons. The lowest BCUT2D eigenvalue weighted by Gasteiger charge is -2.35. The van der Waals surface area contributed by atoms with Crippen LogP contribution >= 0.6 is 0 Å². The fourth-order valence-electron chi connectivity index (χ4n) is 4.33. The molecule has 2 aliphatic rings. The summed E-state index contributed by atoms with van der Waals surface area (Å²) in [5.41, 5.74) is -0.0862. The van der Waals surface area contributed by atoms with E-state index in [9.17, 15) is 9.59 Å². The van der Waals surface area contributed by atoms with Crippen molar-refractivity contribution in [3.63, 3.8) is 0 Å². The van der Waals surface area contributed by atoms with E-state index in [1.54, 1.807) is 27.7 Å². The molecule has 0 radical (unpaired) electrons. The van der Waals surface area contributed by atoms with E-state index < -0.39 is 0 Å². The van der Waals surface area contributed by atoms with E-state index >= 15 is 0 Å². The fraction of sp³-hybridized carbons (Fsp3) is 0.600. The highest BCUT2D eigenvalue weighted by molar-refractivity contribution is 5.84. The number of amides is 1. The van der Waals surface area contributed by atoms with Gasteiger partial charge >= 0.3 is 0 Å². The predicted octanol–water partition coefficient (Wildman–Crippen LogP) is 1.15.